The molecule has 0 saturated carbocycles. The molecule has 128 valence electrons. The Kier molecular flexibility index (Phi) is 4.34. The number of nitrogens with zero attached hydrogens (tertiary/aromatic N) is 1. The molecule has 0 amide bonds. The second-order valence-corrected chi connectivity index (χ2v) is 7.15. The Morgan fingerprint density at radius 1 is 1.20 bits per heavy atom. The lowest BCUT2D eigenvalue weighted by Gasteiger charge is -2.15. The number of hydrogen-bond donors (Lipinski definition) is 3. The smallest absolute Gasteiger partial charge is 0.337 e. The van der Waals surface area contributed by atoms with Gasteiger partial charge in [0.2, 0.25) is 10.0 Å². The first-order chi connectivity index (χ1) is 11.8. The molecular formula is C16H12ClN3O4S. The number of anilines is 2. The van der Waals surface area contributed by atoms with E-state index in [1.807, 2.05) is 0 Å². The number of benzene rings is 2. The minimum atomic E-state index is -4.11. The first-order valence-electron chi connectivity index (χ1n) is 6.98. The van der Waals surface area contributed by atoms with Crippen molar-refractivity contribution in [2.24, 2.45) is 5.14 Å². The molecule has 0 fully saturated rings. The third kappa shape index (κ3) is 3.41. The van der Waals surface area contributed by atoms with Gasteiger partial charge in [-0.2, -0.15) is 0 Å². The number of sulfonamides is 1. The molecule has 3 rings (SSSR count). The van der Waals surface area contributed by atoms with Crippen molar-refractivity contribution >= 4 is 49.9 Å². The van der Waals surface area contributed by atoms with Gasteiger partial charge in [0.25, 0.3) is 0 Å². The van der Waals surface area contributed by atoms with Crippen LogP contribution in [0.25, 0.3) is 10.9 Å². The van der Waals surface area contributed by atoms with Gasteiger partial charge in [0, 0.05) is 16.6 Å². The van der Waals surface area contributed by atoms with Gasteiger partial charge in [0.15, 0.2) is 0 Å². The van der Waals surface area contributed by atoms with E-state index in [0.717, 1.165) is 6.20 Å². The summed E-state index contributed by atoms with van der Waals surface area (Å²) in [5, 5.41) is 18.2. The minimum Gasteiger partial charge on any atom is -0.478 e. The Morgan fingerprint density at radius 3 is 2.60 bits per heavy atom. The maximum absolute atomic E-state index is 11.9. The van der Waals surface area contributed by atoms with Crippen LogP contribution >= 0.6 is 11.6 Å². The van der Waals surface area contributed by atoms with Gasteiger partial charge in [-0.3, -0.25) is 4.98 Å². The van der Waals surface area contributed by atoms with Crippen LogP contribution < -0.4 is 10.5 Å². The van der Waals surface area contributed by atoms with E-state index in [2.05, 4.69) is 10.3 Å². The lowest BCUT2D eigenvalue weighted by molar-refractivity contribution is 0.0698. The number of rotatable bonds is 4. The highest BCUT2D eigenvalue weighted by atomic mass is 35.5. The predicted octanol–water partition coefficient (Wildman–Crippen LogP) is 2.98. The van der Waals surface area contributed by atoms with E-state index in [4.69, 9.17) is 16.7 Å². The molecule has 0 aliphatic rings. The predicted molar refractivity (Wildman–Crippen MR) is 94.8 cm³/mol. The summed E-state index contributed by atoms with van der Waals surface area (Å²) in [5.74, 6) is -1.16. The molecule has 9 heteroatoms. The molecule has 0 unspecified atom stereocenters. The summed E-state index contributed by atoms with van der Waals surface area (Å²) in [5.41, 5.74) is 0.790. The first kappa shape index (κ1) is 17.2. The van der Waals surface area contributed by atoms with E-state index in [-0.39, 0.29) is 21.8 Å². The van der Waals surface area contributed by atoms with Crippen molar-refractivity contribution in [1.82, 2.24) is 4.98 Å². The van der Waals surface area contributed by atoms with E-state index in [9.17, 15) is 18.3 Å². The molecule has 2 aromatic carbocycles. The molecule has 0 bridgehead atoms. The van der Waals surface area contributed by atoms with Gasteiger partial charge in [0.05, 0.1) is 22.5 Å². The molecule has 0 aliphatic carbocycles. The number of aromatic nitrogens is 1. The van der Waals surface area contributed by atoms with Gasteiger partial charge < -0.3 is 10.4 Å². The van der Waals surface area contributed by atoms with Crippen LogP contribution in [0.1, 0.15) is 10.4 Å². The average Bonchev–Trinajstić information content (AvgIpc) is 2.54. The van der Waals surface area contributed by atoms with E-state index in [0.29, 0.717) is 15.9 Å². The molecular weight excluding hydrogens is 366 g/mol. The van der Waals surface area contributed by atoms with Crippen molar-refractivity contribution in [1.29, 1.82) is 0 Å². The van der Waals surface area contributed by atoms with E-state index >= 15 is 0 Å². The number of halogens is 1. The Morgan fingerprint density at radius 2 is 1.92 bits per heavy atom. The number of primary sulfonamides is 1. The number of carboxylic acid groups (broad SMARTS) is 1. The van der Waals surface area contributed by atoms with Gasteiger partial charge in [-0.05, 0) is 30.3 Å². The zero-order chi connectivity index (χ0) is 18.2. The second kappa shape index (κ2) is 6.32. The van der Waals surface area contributed by atoms with Crippen molar-refractivity contribution < 1.29 is 18.3 Å². The Balaban J connectivity index is 2.30. The minimum absolute atomic E-state index is 0.0186. The van der Waals surface area contributed by atoms with Gasteiger partial charge in [-0.1, -0.05) is 23.7 Å². The number of nitrogens with two attached hydrogens (primary N) is 1. The topological polar surface area (TPSA) is 122 Å². The van der Waals surface area contributed by atoms with E-state index in [1.54, 1.807) is 24.3 Å². The fraction of sp³-hybridized carbons (Fsp3) is 0. The van der Waals surface area contributed by atoms with E-state index < -0.39 is 16.0 Å². The van der Waals surface area contributed by atoms with Crippen molar-refractivity contribution in [3.63, 3.8) is 0 Å². The third-order valence-electron chi connectivity index (χ3n) is 3.52. The molecule has 4 N–H and O–H groups in total. The van der Waals surface area contributed by atoms with Crippen LogP contribution in [0.3, 0.4) is 0 Å². The maximum atomic E-state index is 11.9. The molecule has 0 spiro atoms. The van der Waals surface area contributed by atoms with Crippen LogP contribution in [-0.4, -0.2) is 24.5 Å². The second-order valence-electron chi connectivity index (χ2n) is 5.18. The SMILES string of the molecule is NS(=O)(=O)c1cnc2ccc(Cl)cc2c1Nc1ccccc1C(=O)O. The summed E-state index contributed by atoms with van der Waals surface area (Å²) < 4.78 is 23.9. The summed E-state index contributed by atoms with van der Waals surface area (Å²) >= 11 is 6.01. The lowest BCUT2D eigenvalue weighted by Crippen LogP contribution is -2.15. The Labute approximate surface area is 148 Å². The number of pyridine rings is 1. The van der Waals surface area contributed by atoms with Crippen LogP contribution in [0.5, 0.6) is 0 Å². The molecule has 0 aliphatic heterocycles. The fourth-order valence-corrected chi connectivity index (χ4v) is 3.22. The summed E-state index contributed by atoms with van der Waals surface area (Å²) in [6.45, 7) is 0. The summed E-state index contributed by atoms with van der Waals surface area (Å²) in [6, 6.07) is 10.9. The normalized spacial score (nSPS) is 11.4. The first-order valence-corrected chi connectivity index (χ1v) is 8.90. The van der Waals surface area contributed by atoms with Gasteiger partial charge >= 0.3 is 5.97 Å². The number of fused-ring (bicyclic) bond motifs is 1. The largest absolute Gasteiger partial charge is 0.478 e. The number of carboxylic acids is 1. The number of nitrogens with one attached hydrogen (secondary N) is 1. The standard InChI is InChI=1S/C16H12ClN3O4S/c17-9-5-6-12-11(7-9)15(14(8-19-12)25(18,23)24)20-13-4-2-1-3-10(13)16(21)22/h1-8H,(H,19,20)(H,21,22)(H2,18,23,24). The Hall–Kier alpha value is -2.68. The van der Waals surface area contributed by atoms with Gasteiger partial charge in [0.1, 0.15) is 4.90 Å². The zero-order valence-corrected chi connectivity index (χ0v) is 14.2. The summed E-state index contributed by atoms with van der Waals surface area (Å²) in [6.07, 6.45) is 1.12. The molecule has 3 aromatic rings. The molecule has 0 atom stereocenters. The monoisotopic (exact) mass is 377 g/mol. The summed E-state index contributed by atoms with van der Waals surface area (Å²) in [7, 11) is -4.11. The Bertz CT molecular complexity index is 1100. The molecule has 0 radical (unpaired) electrons. The average molecular weight is 378 g/mol. The highest BCUT2D eigenvalue weighted by molar-refractivity contribution is 7.89. The molecule has 0 saturated heterocycles. The highest BCUT2D eigenvalue weighted by Gasteiger charge is 2.20. The van der Waals surface area contributed by atoms with Crippen LogP contribution in [0, 0.1) is 0 Å². The van der Waals surface area contributed by atoms with Crippen molar-refractivity contribution in [2.75, 3.05) is 5.32 Å². The number of hydrogen-bond acceptors (Lipinski definition) is 5. The molecule has 1 aromatic heterocycles. The van der Waals surface area contributed by atoms with Crippen LogP contribution in [0.2, 0.25) is 5.02 Å². The number of para-hydroxylation sites is 1. The molecule has 1 heterocycles. The van der Waals surface area contributed by atoms with Crippen molar-refractivity contribution in [3.8, 4) is 0 Å². The maximum Gasteiger partial charge on any atom is 0.337 e. The quantitative estimate of drug-likeness (QED) is 0.642. The van der Waals surface area contributed by atoms with Gasteiger partial charge in [-0.15, -0.1) is 0 Å². The van der Waals surface area contributed by atoms with E-state index in [1.165, 1.54) is 18.2 Å². The summed E-state index contributed by atoms with van der Waals surface area (Å²) in [4.78, 5) is 15.2. The number of carbonyl (C=O) groups is 1. The fourth-order valence-electron chi connectivity index (χ4n) is 2.40. The third-order valence-corrected chi connectivity index (χ3v) is 4.68. The van der Waals surface area contributed by atoms with Crippen LogP contribution in [-0.2, 0) is 10.0 Å². The number of aromatic carboxylic acids is 1. The highest BCUT2D eigenvalue weighted by Crippen LogP contribution is 2.33. The zero-order valence-electron chi connectivity index (χ0n) is 12.6. The van der Waals surface area contributed by atoms with Gasteiger partial charge in [-0.25, -0.2) is 18.4 Å². The van der Waals surface area contributed by atoms with Crippen LogP contribution in [0.15, 0.2) is 53.6 Å². The molecule has 7 nitrogen and oxygen atoms in total. The van der Waals surface area contributed by atoms with Crippen LogP contribution in [0.4, 0.5) is 11.4 Å². The molecule has 25 heavy (non-hydrogen) atoms. The van der Waals surface area contributed by atoms with Crippen molar-refractivity contribution in [3.05, 3.63) is 59.2 Å². The lowest BCUT2D eigenvalue weighted by atomic mass is 10.1. The van der Waals surface area contributed by atoms with Crippen molar-refractivity contribution in [2.45, 2.75) is 4.90 Å².